The molecule has 0 spiro atoms. The van der Waals surface area contributed by atoms with Gasteiger partial charge in [0.1, 0.15) is 0 Å². The number of sulfonamides is 1. The summed E-state index contributed by atoms with van der Waals surface area (Å²) in [6.07, 6.45) is -0.219. The first-order valence-corrected chi connectivity index (χ1v) is 7.56. The van der Waals surface area contributed by atoms with Gasteiger partial charge in [-0.3, -0.25) is 4.79 Å². The van der Waals surface area contributed by atoms with Crippen LogP contribution in [0.1, 0.15) is 23.7 Å². The van der Waals surface area contributed by atoms with E-state index in [0.29, 0.717) is 5.56 Å². The van der Waals surface area contributed by atoms with Gasteiger partial charge in [-0.25, -0.2) is 13.6 Å². The highest BCUT2D eigenvalue weighted by atomic mass is 32.2. The van der Waals surface area contributed by atoms with Crippen molar-refractivity contribution in [3.05, 3.63) is 29.8 Å². The summed E-state index contributed by atoms with van der Waals surface area (Å²) in [6.45, 7) is 1.84. The van der Waals surface area contributed by atoms with Crippen LogP contribution >= 0.6 is 0 Å². The van der Waals surface area contributed by atoms with Gasteiger partial charge in [-0.1, -0.05) is 19.1 Å². The van der Waals surface area contributed by atoms with Crippen LogP contribution in [0.5, 0.6) is 0 Å². The van der Waals surface area contributed by atoms with Crippen molar-refractivity contribution >= 4 is 15.8 Å². The summed E-state index contributed by atoms with van der Waals surface area (Å²) in [5.41, 5.74) is 0.426. The van der Waals surface area contributed by atoms with E-state index in [9.17, 15) is 13.2 Å². The van der Waals surface area contributed by atoms with Crippen LogP contribution < -0.4 is 5.14 Å². The van der Waals surface area contributed by atoms with Gasteiger partial charge in [0, 0.05) is 32.1 Å². The lowest BCUT2D eigenvalue weighted by Crippen LogP contribution is -2.24. The second-order valence-electron chi connectivity index (χ2n) is 4.51. The van der Waals surface area contributed by atoms with Crippen LogP contribution in [0.15, 0.2) is 29.2 Å². The molecule has 1 rings (SSSR count). The highest BCUT2D eigenvalue weighted by Gasteiger charge is 2.20. The Morgan fingerprint density at radius 1 is 1.20 bits per heavy atom. The molecule has 0 aliphatic carbocycles. The Balaban J connectivity index is 2.78. The van der Waals surface area contributed by atoms with Crippen LogP contribution in [-0.2, 0) is 19.5 Å². The first-order chi connectivity index (χ1) is 9.29. The van der Waals surface area contributed by atoms with E-state index in [0.717, 1.165) is 0 Å². The molecule has 0 bridgehead atoms. The van der Waals surface area contributed by atoms with Crippen molar-refractivity contribution in [1.29, 1.82) is 0 Å². The maximum Gasteiger partial charge on any atom is 0.238 e. The Kier molecular flexibility index (Phi) is 5.82. The SMILES string of the molecule is COC(OC)C(C)CC(=O)c1ccc(S(N)(=O)=O)cc1. The summed E-state index contributed by atoms with van der Waals surface area (Å²) in [5.74, 6) is -0.229. The Hall–Kier alpha value is -1.28. The minimum atomic E-state index is -3.74. The Morgan fingerprint density at radius 3 is 2.10 bits per heavy atom. The molecule has 1 aromatic carbocycles. The van der Waals surface area contributed by atoms with Gasteiger partial charge in [-0.05, 0) is 12.1 Å². The van der Waals surface area contributed by atoms with Crippen molar-refractivity contribution in [3.63, 3.8) is 0 Å². The minimum absolute atomic E-state index is 0.0197. The molecule has 2 N–H and O–H groups in total. The number of rotatable bonds is 7. The first kappa shape index (κ1) is 16.8. The topological polar surface area (TPSA) is 95.7 Å². The molecule has 0 radical (unpaired) electrons. The maximum atomic E-state index is 12.1. The average molecular weight is 301 g/mol. The summed E-state index contributed by atoms with van der Waals surface area (Å²) in [7, 11) is -0.721. The molecule has 1 unspecified atom stereocenters. The van der Waals surface area contributed by atoms with E-state index < -0.39 is 16.3 Å². The monoisotopic (exact) mass is 301 g/mol. The lowest BCUT2D eigenvalue weighted by molar-refractivity contribution is -0.132. The number of carbonyl (C=O) groups excluding carboxylic acids is 1. The average Bonchev–Trinajstić information content (AvgIpc) is 2.39. The third kappa shape index (κ3) is 4.38. The number of nitrogens with two attached hydrogens (primary N) is 1. The largest absolute Gasteiger partial charge is 0.356 e. The molecular weight excluding hydrogens is 282 g/mol. The summed E-state index contributed by atoms with van der Waals surface area (Å²) in [4.78, 5) is 12.0. The number of carbonyl (C=O) groups is 1. The minimum Gasteiger partial charge on any atom is -0.356 e. The fourth-order valence-corrected chi connectivity index (χ4v) is 2.41. The molecule has 0 aliphatic rings. The predicted octanol–water partition coefficient (Wildman–Crippen LogP) is 1.16. The Morgan fingerprint density at radius 2 is 1.70 bits per heavy atom. The summed E-state index contributed by atoms with van der Waals surface area (Å²) in [6, 6.07) is 5.53. The van der Waals surface area contributed by atoms with Gasteiger partial charge in [0.15, 0.2) is 12.1 Å². The molecule has 0 aliphatic heterocycles. The van der Waals surface area contributed by atoms with Gasteiger partial charge < -0.3 is 9.47 Å². The number of benzene rings is 1. The van der Waals surface area contributed by atoms with Gasteiger partial charge in [0.25, 0.3) is 0 Å². The molecule has 0 fully saturated rings. The summed E-state index contributed by atoms with van der Waals surface area (Å²) >= 11 is 0. The van der Waals surface area contributed by atoms with Crippen molar-refractivity contribution in [2.24, 2.45) is 11.1 Å². The van der Waals surface area contributed by atoms with E-state index in [4.69, 9.17) is 14.6 Å². The molecule has 1 aromatic rings. The Labute approximate surface area is 118 Å². The molecule has 20 heavy (non-hydrogen) atoms. The van der Waals surface area contributed by atoms with E-state index in [2.05, 4.69) is 0 Å². The van der Waals surface area contributed by atoms with Gasteiger partial charge in [-0.15, -0.1) is 0 Å². The van der Waals surface area contributed by atoms with Crippen LogP contribution in [0.3, 0.4) is 0 Å². The Bertz CT molecular complexity index is 549. The molecule has 0 amide bonds. The molecule has 0 heterocycles. The van der Waals surface area contributed by atoms with Crippen LogP contribution in [0.25, 0.3) is 0 Å². The summed E-state index contributed by atoms with van der Waals surface area (Å²) in [5, 5.41) is 4.99. The fourth-order valence-electron chi connectivity index (χ4n) is 1.90. The molecule has 6 nitrogen and oxygen atoms in total. The van der Waals surface area contributed by atoms with Crippen molar-refractivity contribution < 1.29 is 22.7 Å². The fraction of sp³-hybridized carbons (Fsp3) is 0.462. The third-order valence-electron chi connectivity index (χ3n) is 2.94. The van der Waals surface area contributed by atoms with Crippen molar-refractivity contribution in [2.75, 3.05) is 14.2 Å². The first-order valence-electron chi connectivity index (χ1n) is 6.01. The quantitative estimate of drug-likeness (QED) is 0.602. The second kappa shape index (κ2) is 6.94. The highest BCUT2D eigenvalue weighted by Crippen LogP contribution is 2.17. The van der Waals surface area contributed by atoms with Crippen molar-refractivity contribution in [3.8, 4) is 0 Å². The molecule has 0 saturated heterocycles. The zero-order valence-electron chi connectivity index (χ0n) is 11.7. The number of ether oxygens (including phenoxy) is 2. The molecule has 7 heteroatoms. The van der Waals surface area contributed by atoms with Gasteiger partial charge in [0.05, 0.1) is 4.90 Å². The third-order valence-corrected chi connectivity index (χ3v) is 3.87. The van der Waals surface area contributed by atoms with E-state index >= 15 is 0 Å². The van der Waals surface area contributed by atoms with Gasteiger partial charge >= 0.3 is 0 Å². The normalized spacial score (nSPS) is 13.4. The number of methoxy groups -OCH3 is 2. The zero-order valence-corrected chi connectivity index (χ0v) is 12.5. The van der Waals surface area contributed by atoms with Crippen molar-refractivity contribution in [2.45, 2.75) is 24.5 Å². The van der Waals surface area contributed by atoms with Crippen LogP contribution in [0.2, 0.25) is 0 Å². The number of hydrogen-bond donors (Lipinski definition) is 1. The van der Waals surface area contributed by atoms with Crippen LogP contribution in [0, 0.1) is 5.92 Å². The number of primary sulfonamides is 1. The smallest absolute Gasteiger partial charge is 0.238 e. The molecule has 1 atom stereocenters. The van der Waals surface area contributed by atoms with Crippen LogP contribution in [0.4, 0.5) is 0 Å². The molecule has 0 aromatic heterocycles. The molecule has 112 valence electrons. The number of Topliss-reactive ketones (excluding diaryl/α,β-unsaturated/α-hetero) is 1. The standard InChI is InChI=1S/C13H19NO5S/c1-9(13(18-2)19-3)8-12(15)10-4-6-11(7-5-10)20(14,16)17/h4-7,9,13H,8H2,1-3H3,(H2,14,16,17). The number of ketones is 1. The lowest BCUT2D eigenvalue weighted by Gasteiger charge is -2.20. The summed E-state index contributed by atoms with van der Waals surface area (Å²) < 4.78 is 32.4. The lowest BCUT2D eigenvalue weighted by atomic mass is 9.99. The maximum absolute atomic E-state index is 12.1. The highest BCUT2D eigenvalue weighted by molar-refractivity contribution is 7.89. The predicted molar refractivity (Wildman–Crippen MR) is 73.7 cm³/mol. The van der Waals surface area contributed by atoms with E-state index in [1.165, 1.54) is 38.5 Å². The molecular formula is C13H19NO5S. The molecule has 0 saturated carbocycles. The van der Waals surface area contributed by atoms with E-state index in [1.807, 2.05) is 6.92 Å². The second-order valence-corrected chi connectivity index (χ2v) is 6.08. The van der Waals surface area contributed by atoms with Crippen LogP contribution in [-0.4, -0.2) is 34.7 Å². The van der Waals surface area contributed by atoms with Gasteiger partial charge in [0.2, 0.25) is 10.0 Å². The van der Waals surface area contributed by atoms with Gasteiger partial charge in [-0.2, -0.15) is 0 Å². The van der Waals surface area contributed by atoms with Crippen molar-refractivity contribution in [1.82, 2.24) is 0 Å². The zero-order chi connectivity index (χ0) is 15.3. The number of hydrogen-bond acceptors (Lipinski definition) is 5. The van der Waals surface area contributed by atoms with E-state index in [1.54, 1.807) is 0 Å². The van der Waals surface area contributed by atoms with E-state index in [-0.39, 0.29) is 23.0 Å².